The number of aliphatic hydroxyl groups excluding tert-OH is 1. The maximum atomic E-state index is 12.6. The first-order valence-corrected chi connectivity index (χ1v) is 4.00. The number of nitrogens with two attached hydrogens (primary N) is 1. The summed E-state index contributed by atoms with van der Waals surface area (Å²) in [6, 6.07) is 3.56. The molecule has 0 aromatic heterocycles. The van der Waals surface area contributed by atoms with Gasteiger partial charge in [0.05, 0.1) is 0 Å². The third kappa shape index (κ3) is 2.40. The summed E-state index contributed by atoms with van der Waals surface area (Å²) >= 11 is 0. The smallest absolute Gasteiger partial charge is 0.164 e. The number of aliphatic hydroxyl groups is 1. The molecule has 0 radical (unpaired) electrons. The van der Waals surface area contributed by atoms with Gasteiger partial charge in [-0.25, -0.2) is 4.39 Å². The van der Waals surface area contributed by atoms with E-state index in [1.807, 2.05) is 0 Å². The van der Waals surface area contributed by atoms with E-state index in [2.05, 4.69) is 0 Å². The molecule has 0 fully saturated rings. The predicted octanol–water partition coefficient (Wildman–Crippen LogP) is 0.913. The van der Waals surface area contributed by atoms with Crippen LogP contribution in [0.3, 0.4) is 0 Å². The van der Waals surface area contributed by atoms with Crippen LogP contribution in [0.5, 0.6) is 5.75 Å². The highest BCUT2D eigenvalue weighted by molar-refractivity contribution is 5.30. The minimum Gasteiger partial charge on any atom is -0.505 e. The van der Waals surface area contributed by atoms with E-state index in [-0.39, 0.29) is 12.6 Å². The molecule has 0 unspecified atom stereocenters. The fourth-order valence-electron chi connectivity index (χ4n) is 1.07. The molecule has 0 aliphatic rings. The number of benzene rings is 1. The van der Waals surface area contributed by atoms with Crippen LogP contribution < -0.4 is 5.73 Å². The van der Waals surface area contributed by atoms with Gasteiger partial charge in [-0.3, -0.25) is 0 Å². The van der Waals surface area contributed by atoms with Crippen molar-refractivity contribution in [1.82, 2.24) is 0 Å². The first-order valence-electron chi connectivity index (χ1n) is 4.00. The van der Waals surface area contributed by atoms with E-state index in [0.29, 0.717) is 12.0 Å². The fraction of sp³-hybridized carbons (Fsp3) is 0.333. The van der Waals surface area contributed by atoms with Crippen molar-refractivity contribution in [3.8, 4) is 5.75 Å². The minimum atomic E-state index is -0.667. The van der Waals surface area contributed by atoms with Gasteiger partial charge < -0.3 is 15.9 Å². The molecule has 1 aromatic rings. The number of phenolic OH excluding ortho intramolecular Hbond substituents is 1. The van der Waals surface area contributed by atoms with Gasteiger partial charge in [-0.15, -0.1) is 0 Å². The van der Waals surface area contributed by atoms with E-state index in [4.69, 9.17) is 15.9 Å². The first-order chi connectivity index (χ1) is 6.15. The summed E-state index contributed by atoms with van der Waals surface area (Å²) in [5.41, 5.74) is 6.25. The van der Waals surface area contributed by atoms with Gasteiger partial charge in [0.2, 0.25) is 0 Å². The lowest BCUT2D eigenvalue weighted by Gasteiger charge is -2.10. The Balaban J connectivity index is 2.84. The van der Waals surface area contributed by atoms with Crippen LogP contribution in [0.1, 0.15) is 18.0 Å². The molecule has 4 N–H and O–H groups in total. The molecule has 1 atom stereocenters. The highest BCUT2D eigenvalue weighted by Crippen LogP contribution is 2.21. The molecule has 13 heavy (non-hydrogen) atoms. The molecule has 3 nitrogen and oxygen atoms in total. The molecule has 72 valence electrons. The Morgan fingerprint density at radius 2 is 2.15 bits per heavy atom. The highest BCUT2D eigenvalue weighted by atomic mass is 19.1. The van der Waals surface area contributed by atoms with Crippen LogP contribution in [0.25, 0.3) is 0 Å². The van der Waals surface area contributed by atoms with Crippen LogP contribution in [0.15, 0.2) is 18.2 Å². The predicted molar refractivity (Wildman–Crippen MR) is 46.7 cm³/mol. The van der Waals surface area contributed by atoms with Crippen LogP contribution in [0.2, 0.25) is 0 Å². The fourth-order valence-corrected chi connectivity index (χ4v) is 1.07. The van der Waals surface area contributed by atoms with Gasteiger partial charge in [-0.05, 0) is 24.1 Å². The number of hydrogen-bond donors (Lipinski definition) is 3. The molecular formula is C9H12FNO2. The second-order valence-corrected chi connectivity index (χ2v) is 2.83. The lowest BCUT2D eigenvalue weighted by molar-refractivity contribution is 0.276. The summed E-state index contributed by atoms with van der Waals surface area (Å²) in [4.78, 5) is 0. The van der Waals surface area contributed by atoms with Crippen molar-refractivity contribution in [3.05, 3.63) is 29.6 Å². The van der Waals surface area contributed by atoms with Crippen LogP contribution in [-0.2, 0) is 0 Å². The van der Waals surface area contributed by atoms with Crippen LogP contribution >= 0.6 is 0 Å². The third-order valence-electron chi connectivity index (χ3n) is 1.84. The summed E-state index contributed by atoms with van der Waals surface area (Å²) in [7, 11) is 0. The zero-order valence-electron chi connectivity index (χ0n) is 7.07. The number of hydrogen-bond acceptors (Lipinski definition) is 3. The second kappa shape index (κ2) is 4.20. The molecule has 0 aliphatic heterocycles. The summed E-state index contributed by atoms with van der Waals surface area (Å²) in [6.45, 7) is -0.0285. The van der Waals surface area contributed by atoms with Gasteiger partial charge in [0.15, 0.2) is 11.6 Å². The molecule has 0 saturated carbocycles. The number of phenols is 1. The van der Waals surface area contributed by atoms with E-state index in [1.165, 1.54) is 12.1 Å². The van der Waals surface area contributed by atoms with Crippen LogP contribution in [0.4, 0.5) is 4.39 Å². The van der Waals surface area contributed by atoms with Gasteiger partial charge in [-0.2, -0.15) is 0 Å². The van der Waals surface area contributed by atoms with E-state index in [0.717, 1.165) is 6.07 Å². The summed E-state index contributed by atoms with van der Waals surface area (Å²) < 4.78 is 12.6. The molecule has 1 rings (SSSR count). The third-order valence-corrected chi connectivity index (χ3v) is 1.84. The minimum absolute atomic E-state index is 0.0285. The van der Waals surface area contributed by atoms with Gasteiger partial charge in [0.25, 0.3) is 0 Å². The highest BCUT2D eigenvalue weighted by Gasteiger charge is 2.07. The molecule has 0 amide bonds. The number of rotatable bonds is 3. The second-order valence-electron chi connectivity index (χ2n) is 2.83. The standard InChI is InChI=1S/C9H12FNO2/c10-7-2-1-6(5-9(7)13)8(11)3-4-12/h1-2,5,8,12-13H,3-4,11H2/t8-/m0/s1. The lowest BCUT2D eigenvalue weighted by atomic mass is 10.0. The van der Waals surface area contributed by atoms with Crippen molar-refractivity contribution in [3.63, 3.8) is 0 Å². The zero-order chi connectivity index (χ0) is 9.84. The molecule has 0 aliphatic carbocycles. The van der Waals surface area contributed by atoms with Crippen molar-refractivity contribution in [2.45, 2.75) is 12.5 Å². The van der Waals surface area contributed by atoms with E-state index in [1.54, 1.807) is 0 Å². The average molecular weight is 185 g/mol. The molecular weight excluding hydrogens is 173 g/mol. The Bertz CT molecular complexity index is 291. The normalized spacial score (nSPS) is 12.8. The lowest BCUT2D eigenvalue weighted by Crippen LogP contribution is -2.11. The van der Waals surface area contributed by atoms with Crippen molar-refractivity contribution in [2.24, 2.45) is 5.73 Å². The summed E-state index contributed by atoms with van der Waals surface area (Å²) in [5.74, 6) is -1.08. The van der Waals surface area contributed by atoms with Gasteiger partial charge in [-0.1, -0.05) is 6.07 Å². The average Bonchev–Trinajstić information content (AvgIpc) is 2.10. The molecule has 0 bridgehead atoms. The first kappa shape index (κ1) is 9.95. The van der Waals surface area contributed by atoms with E-state index in [9.17, 15) is 4.39 Å². The quantitative estimate of drug-likeness (QED) is 0.655. The Morgan fingerprint density at radius 3 is 2.69 bits per heavy atom. The number of aromatic hydroxyl groups is 1. The summed E-state index contributed by atoms with van der Waals surface area (Å²) in [5, 5.41) is 17.6. The van der Waals surface area contributed by atoms with Gasteiger partial charge in [0.1, 0.15) is 0 Å². The molecule has 1 aromatic carbocycles. The van der Waals surface area contributed by atoms with E-state index >= 15 is 0 Å². The Labute approximate surface area is 75.6 Å². The number of halogens is 1. The molecule has 0 saturated heterocycles. The van der Waals surface area contributed by atoms with Crippen molar-refractivity contribution in [2.75, 3.05) is 6.61 Å². The van der Waals surface area contributed by atoms with Crippen LogP contribution in [-0.4, -0.2) is 16.8 Å². The van der Waals surface area contributed by atoms with Gasteiger partial charge >= 0.3 is 0 Å². The molecule has 4 heteroatoms. The Hall–Kier alpha value is -1.13. The van der Waals surface area contributed by atoms with Gasteiger partial charge in [0, 0.05) is 12.6 Å². The van der Waals surface area contributed by atoms with Crippen molar-refractivity contribution < 1.29 is 14.6 Å². The maximum Gasteiger partial charge on any atom is 0.164 e. The largest absolute Gasteiger partial charge is 0.505 e. The summed E-state index contributed by atoms with van der Waals surface area (Å²) in [6.07, 6.45) is 0.394. The van der Waals surface area contributed by atoms with Crippen molar-refractivity contribution >= 4 is 0 Å². The molecule has 0 spiro atoms. The topological polar surface area (TPSA) is 66.5 Å². The Kier molecular flexibility index (Phi) is 3.22. The zero-order valence-corrected chi connectivity index (χ0v) is 7.07. The molecule has 0 heterocycles. The van der Waals surface area contributed by atoms with Crippen molar-refractivity contribution in [1.29, 1.82) is 0 Å². The maximum absolute atomic E-state index is 12.6. The Morgan fingerprint density at radius 1 is 1.46 bits per heavy atom. The SMILES string of the molecule is N[C@@H](CCO)c1ccc(F)c(O)c1. The van der Waals surface area contributed by atoms with Crippen LogP contribution in [0, 0.1) is 5.82 Å². The van der Waals surface area contributed by atoms with E-state index < -0.39 is 11.6 Å². The monoisotopic (exact) mass is 185 g/mol.